The molecule has 1 amide bonds. The molecule has 2 aliphatic rings. The summed E-state index contributed by atoms with van der Waals surface area (Å²) in [6.07, 6.45) is 7.70. The first-order valence-electron chi connectivity index (χ1n) is 8.28. The lowest BCUT2D eigenvalue weighted by Crippen LogP contribution is -2.46. The topological polar surface area (TPSA) is 36.4 Å². The number of hydrogen-bond donors (Lipinski definition) is 0. The Balaban J connectivity index is 1.57. The minimum Gasteiger partial charge on any atom is -0.370 e. The van der Waals surface area contributed by atoms with Crippen molar-refractivity contribution < 1.29 is 4.79 Å². The SMILES string of the molecule is CC1CCCN(C(=O)C2CCN(c3ccncc3Cl)CC2)C1. The van der Waals surface area contributed by atoms with Crippen molar-refractivity contribution in [2.24, 2.45) is 11.8 Å². The van der Waals surface area contributed by atoms with Crippen LogP contribution in [0.2, 0.25) is 5.02 Å². The number of carbonyl (C=O) groups is 1. The maximum atomic E-state index is 12.7. The molecule has 1 unspecified atom stereocenters. The summed E-state index contributed by atoms with van der Waals surface area (Å²) >= 11 is 6.21. The summed E-state index contributed by atoms with van der Waals surface area (Å²) < 4.78 is 0. The Hall–Kier alpha value is -1.29. The molecule has 0 aromatic carbocycles. The van der Waals surface area contributed by atoms with E-state index in [1.165, 1.54) is 6.42 Å². The highest BCUT2D eigenvalue weighted by Gasteiger charge is 2.30. The molecule has 2 fully saturated rings. The Morgan fingerprint density at radius 3 is 2.73 bits per heavy atom. The van der Waals surface area contributed by atoms with E-state index in [-0.39, 0.29) is 5.92 Å². The van der Waals surface area contributed by atoms with Gasteiger partial charge in [0.1, 0.15) is 0 Å². The van der Waals surface area contributed by atoms with Gasteiger partial charge in [0.05, 0.1) is 10.7 Å². The molecule has 120 valence electrons. The number of carbonyl (C=O) groups excluding carboxylic acids is 1. The minimum atomic E-state index is 0.183. The smallest absolute Gasteiger partial charge is 0.225 e. The predicted octanol–water partition coefficient (Wildman–Crippen LogP) is 3.21. The Morgan fingerprint density at radius 2 is 2.05 bits per heavy atom. The zero-order chi connectivity index (χ0) is 15.5. The minimum absolute atomic E-state index is 0.183. The molecule has 0 bridgehead atoms. The van der Waals surface area contributed by atoms with E-state index in [4.69, 9.17) is 11.6 Å². The second-order valence-electron chi connectivity index (χ2n) is 6.62. The van der Waals surface area contributed by atoms with Gasteiger partial charge in [-0.1, -0.05) is 18.5 Å². The lowest BCUT2D eigenvalue weighted by molar-refractivity contribution is -0.137. The lowest BCUT2D eigenvalue weighted by Gasteiger charge is -2.38. The fraction of sp³-hybridized carbons (Fsp3) is 0.647. The third-order valence-electron chi connectivity index (χ3n) is 4.90. The average molecular weight is 322 g/mol. The normalized spacial score (nSPS) is 23.6. The molecular formula is C17H24ClN3O. The summed E-state index contributed by atoms with van der Waals surface area (Å²) in [7, 11) is 0. The van der Waals surface area contributed by atoms with Crippen molar-refractivity contribution in [3.8, 4) is 0 Å². The zero-order valence-corrected chi connectivity index (χ0v) is 13.9. The number of likely N-dealkylation sites (tertiary alicyclic amines) is 1. The van der Waals surface area contributed by atoms with Crippen molar-refractivity contribution in [3.63, 3.8) is 0 Å². The van der Waals surface area contributed by atoms with Gasteiger partial charge >= 0.3 is 0 Å². The van der Waals surface area contributed by atoms with Crippen LogP contribution in [0.25, 0.3) is 0 Å². The Bertz CT molecular complexity index is 528. The summed E-state index contributed by atoms with van der Waals surface area (Å²) in [6, 6.07) is 1.96. The summed E-state index contributed by atoms with van der Waals surface area (Å²) in [6.45, 7) is 5.91. The summed E-state index contributed by atoms with van der Waals surface area (Å²) in [5.74, 6) is 1.20. The number of amides is 1. The molecule has 1 atom stereocenters. The Morgan fingerprint density at radius 1 is 1.27 bits per heavy atom. The number of rotatable bonds is 2. The van der Waals surface area contributed by atoms with Crippen molar-refractivity contribution in [2.75, 3.05) is 31.1 Å². The average Bonchev–Trinajstić information content (AvgIpc) is 2.55. The van der Waals surface area contributed by atoms with E-state index in [9.17, 15) is 4.79 Å². The highest BCUT2D eigenvalue weighted by molar-refractivity contribution is 6.33. The van der Waals surface area contributed by atoms with Gasteiger partial charge in [0, 0.05) is 44.5 Å². The van der Waals surface area contributed by atoms with Crippen molar-refractivity contribution in [3.05, 3.63) is 23.5 Å². The van der Waals surface area contributed by atoms with Gasteiger partial charge in [0.15, 0.2) is 0 Å². The molecule has 0 aliphatic carbocycles. The molecule has 3 heterocycles. The van der Waals surface area contributed by atoms with E-state index < -0.39 is 0 Å². The molecule has 3 rings (SSSR count). The first-order chi connectivity index (χ1) is 10.6. The largest absolute Gasteiger partial charge is 0.370 e. The first-order valence-corrected chi connectivity index (χ1v) is 8.66. The molecule has 0 spiro atoms. The van der Waals surface area contributed by atoms with E-state index in [1.807, 2.05) is 6.07 Å². The molecular weight excluding hydrogens is 298 g/mol. The van der Waals surface area contributed by atoms with Gasteiger partial charge in [-0.2, -0.15) is 0 Å². The molecule has 1 aromatic heterocycles. The van der Waals surface area contributed by atoms with Crippen LogP contribution in [0.3, 0.4) is 0 Å². The first kappa shape index (κ1) is 15.6. The highest BCUT2D eigenvalue weighted by Crippen LogP contribution is 2.30. The Labute approximate surface area is 137 Å². The van der Waals surface area contributed by atoms with Gasteiger partial charge < -0.3 is 9.80 Å². The van der Waals surface area contributed by atoms with E-state index >= 15 is 0 Å². The van der Waals surface area contributed by atoms with Crippen molar-refractivity contribution in [1.82, 2.24) is 9.88 Å². The quantitative estimate of drug-likeness (QED) is 0.839. The number of halogens is 1. The summed E-state index contributed by atoms with van der Waals surface area (Å²) in [4.78, 5) is 21.1. The van der Waals surface area contributed by atoms with Gasteiger partial charge in [-0.3, -0.25) is 9.78 Å². The number of piperidine rings is 2. The standard InChI is InChI=1S/C17H24ClN3O/c1-13-3-2-8-21(12-13)17(22)14-5-9-20(10-6-14)16-4-7-19-11-15(16)18/h4,7,11,13-14H,2-3,5-6,8-10,12H2,1H3. The number of aromatic nitrogens is 1. The molecule has 5 heteroatoms. The molecule has 2 aliphatic heterocycles. The zero-order valence-electron chi connectivity index (χ0n) is 13.2. The van der Waals surface area contributed by atoms with Crippen LogP contribution in [-0.4, -0.2) is 42.0 Å². The van der Waals surface area contributed by atoms with Crippen LogP contribution >= 0.6 is 11.6 Å². The van der Waals surface area contributed by atoms with Gasteiger partial charge in [0.25, 0.3) is 0 Å². The second kappa shape index (κ2) is 6.86. The van der Waals surface area contributed by atoms with Crippen LogP contribution in [0.4, 0.5) is 5.69 Å². The van der Waals surface area contributed by atoms with Crippen molar-refractivity contribution >= 4 is 23.2 Å². The molecule has 4 nitrogen and oxygen atoms in total. The monoisotopic (exact) mass is 321 g/mol. The number of hydrogen-bond acceptors (Lipinski definition) is 3. The van der Waals surface area contributed by atoms with Gasteiger partial charge in [-0.05, 0) is 37.7 Å². The van der Waals surface area contributed by atoms with Crippen molar-refractivity contribution in [2.45, 2.75) is 32.6 Å². The van der Waals surface area contributed by atoms with E-state index in [0.717, 1.165) is 51.1 Å². The molecule has 1 aromatic rings. The van der Waals surface area contributed by atoms with Gasteiger partial charge in [0.2, 0.25) is 5.91 Å². The highest BCUT2D eigenvalue weighted by atomic mass is 35.5. The Kier molecular flexibility index (Phi) is 4.87. The van der Waals surface area contributed by atoms with E-state index in [2.05, 4.69) is 21.7 Å². The maximum Gasteiger partial charge on any atom is 0.225 e. The second-order valence-corrected chi connectivity index (χ2v) is 7.03. The van der Waals surface area contributed by atoms with Crippen LogP contribution < -0.4 is 4.90 Å². The predicted molar refractivity (Wildman–Crippen MR) is 89.2 cm³/mol. The third-order valence-corrected chi connectivity index (χ3v) is 5.20. The van der Waals surface area contributed by atoms with Crippen LogP contribution in [0.5, 0.6) is 0 Å². The maximum absolute atomic E-state index is 12.7. The van der Waals surface area contributed by atoms with Gasteiger partial charge in [-0.15, -0.1) is 0 Å². The molecule has 0 radical (unpaired) electrons. The molecule has 2 saturated heterocycles. The van der Waals surface area contributed by atoms with Gasteiger partial charge in [-0.25, -0.2) is 0 Å². The fourth-order valence-corrected chi connectivity index (χ4v) is 3.88. The van der Waals surface area contributed by atoms with Crippen LogP contribution in [0, 0.1) is 11.8 Å². The fourth-order valence-electron chi connectivity index (χ4n) is 3.64. The van der Waals surface area contributed by atoms with Crippen LogP contribution in [-0.2, 0) is 4.79 Å². The summed E-state index contributed by atoms with van der Waals surface area (Å²) in [5, 5.41) is 0.692. The molecule has 0 N–H and O–H groups in total. The molecule has 0 saturated carbocycles. The van der Waals surface area contributed by atoms with E-state index in [0.29, 0.717) is 16.8 Å². The van der Waals surface area contributed by atoms with Crippen LogP contribution in [0.1, 0.15) is 32.6 Å². The van der Waals surface area contributed by atoms with Crippen molar-refractivity contribution in [1.29, 1.82) is 0 Å². The van der Waals surface area contributed by atoms with Crippen LogP contribution in [0.15, 0.2) is 18.5 Å². The molecule has 22 heavy (non-hydrogen) atoms. The summed E-state index contributed by atoms with van der Waals surface area (Å²) in [5.41, 5.74) is 1.04. The lowest BCUT2D eigenvalue weighted by atomic mass is 9.92. The number of pyridine rings is 1. The van der Waals surface area contributed by atoms with E-state index in [1.54, 1.807) is 12.4 Å². The number of nitrogens with zero attached hydrogens (tertiary/aromatic N) is 3. The number of anilines is 1. The third kappa shape index (κ3) is 3.37.